The molecule has 0 bridgehead atoms. The van der Waals surface area contributed by atoms with E-state index in [9.17, 15) is 18.7 Å². The number of hydrogen-bond donors (Lipinski definition) is 2. The molecule has 1 aromatic carbocycles. The molecule has 0 saturated carbocycles. The van der Waals surface area contributed by atoms with Gasteiger partial charge in [0.25, 0.3) is 0 Å². The van der Waals surface area contributed by atoms with E-state index in [4.69, 9.17) is 0 Å². The molecule has 130 valence electrons. The lowest BCUT2D eigenvalue weighted by atomic mass is 10.1. The molecule has 0 aliphatic rings. The first kappa shape index (κ1) is 19.3. The molecule has 7 heteroatoms. The summed E-state index contributed by atoms with van der Waals surface area (Å²) < 4.78 is 29.2. The first-order valence-corrected chi connectivity index (χ1v) is 7.45. The van der Waals surface area contributed by atoms with E-state index in [2.05, 4.69) is 10.1 Å². The molecule has 0 spiro atoms. The predicted octanol–water partition coefficient (Wildman–Crippen LogP) is 2.71. The third-order valence-electron chi connectivity index (χ3n) is 3.28. The fourth-order valence-electron chi connectivity index (χ4n) is 2.19. The third kappa shape index (κ3) is 6.50. The summed E-state index contributed by atoms with van der Waals surface area (Å²) in [6, 6.07) is 5.48. The Balaban J connectivity index is 2.82. The van der Waals surface area contributed by atoms with E-state index in [0.29, 0.717) is 13.1 Å². The van der Waals surface area contributed by atoms with E-state index in [1.165, 1.54) is 12.1 Å². The van der Waals surface area contributed by atoms with Crippen molar-refractivity contribution in [3.63, 3.8) is 0 Å². The van der Waals surface area contributed by atoms with Crippen molar-refractivity contribution in [2.75, 3.05) is 18.4 Å². The van der Waals surface area contributed by atoms with Crippen molar-refractivity contribution in [3.05, 3.63) is 24.3 Å². The fraction of sp³-hybridized carbons (Fsp3) is 0.562. The first-order valence-electron chi connectivity index (χ1n) is 7.45. The second-order valence-corrected chi connectivity index (χ2v) is 5.92. The molecule has 5 nitrogen and oxygen atoms in total. The van der Waals surface area contributed by atoms with Gasteiger partial charge in [0, 0.05) is 6.54 Å². The van der Waals surface area contributed by atoms with Gasteiger partial charge in [0.1, 0.15) is 5.75 Å². The minimum atomic E-state index is -2.96. The van der Waals surface area contributed by atoms with Gasteiger partial charge in [-0.2, -0.15) is 8.78 Å². The molecule has 1 aromatic rings. The molecule has 1 atom stereocenters. The van der Waals surface area contributed by atoms with Crippen LogP contribution in [-0.2, 0) is 4.79 Å². The number of alkyl halides is 2. The van der Waals surface area contributed by atoms with Crippen molar-refractivity contribution in [2.24, 2.45) is 0 Å². The van der Waals surface area contributed by atoms with E-state index in [0.717, 1.165) is 0 Å². The Morgan fingerprint density at radius 3 is 2.52 bits per heavy atom. The summed E-state index contributed by atoms with van der Waals surface area (Å²) in [5.74, 6) is -0.449. The Morgan fingerprint density at radius 2 is 2.00 bits per heavy atom. The van der Waals surface area contributed by atoms with Crippen molar-refractivity contribution in [2.45, 2.75) is 45.9 Å². The SMILES string of the molecule is CCN(CC(C)(C)O)C(C)C(=O)Nc1ccccc1OC(F)F. The molecule has 0 aliphatic carbocycles. The smallest absolute Gasteiger partial charge is 0.387 e. The highest BCUT2D eigenvalue weighted by molar-refractivity contribution is 5.95. The lowest BCUT2D eigenvalue weighted by Gasteiger charge is -2.32. The molecule has 0 radical (unpaired) electrons. The number of amides is 1. The van der Waals surface area contributed by atoms with Gasteiger partial charge in [-0.25, -0.2) is 0 Å². The van der Waals surface area contributed by atoms with Crippen LogP contribution in [0.3, 0.4) is 0 Å². The van der Waals surface area contributed by atoms with Gasteiger partial charge in [0.15, 0.2) is 0 Å². The van der Waals surface area contributed by atoms with Crippen LogP contribution in [-0.4, -0.2) is 47.3 Å². The van der Waals surface area contributed by atoms with Crippen LogP contribution >= 0.6 is 0 Å². The van der Waals surface area contributed by atoms with Gasteiger partial charge < -0.3 is 15.2 Å². The number of benzene rings is 1. The van der Waals surface area contributed by atoms with E-state index in [1.54, 1.807) is 37.8 Å². The Kier molecular flexibility index (Phi) is 6.90. The van der Waals surface area contributed by atoms with Gasteiger partial charge in [0.05, 0.1) is 17.3 Å². The molecule has 0 heterocycles. The number of carbonyl (C=O) groups is 1. The molecule has 2 N–H and O–H groups in total. The zero-order valence-corrected chi connectivity index (χ0v) is 13.8. The zero-order chi connectivity index (χ0) is 17.6. The number of ether oxygens (including phenoxy) is 1. The number of nitrogens with zero attached hydrogens (tertiary/aromatic N) is 1. The van der Waals surface area contributed by atoms with Crippen LogP contribution in [0.5, 0.6) is 5.75 Å². The van der Waals surface area contributed by atoms with E-state index < -0.39 is 18.3 Å². The monoisotopic (exact) mass is 330 g/mol. The van der Waals surface area contributed by atoms with Gasteiger partial charge in [-0.05, 0) is 39.4 Å². The average Bonchev–Trinajstić information content (AvgIpc) is 2.44. The summed E-state index contributed by atoms with van der Waals surface area (Å²) in [5.41, 5.74) is -0.759. The number of aliphatic hydroxyl groups is 1. The maximum absolute atomic E-state index is 12.4. The average molecular weight is 330 g/mol. The molecule has 0 fully saturated rings. The van der Waals surface area contributed by atoms with Crippen LogP contribution in [0.4, 0.5) is 14.5 Å². The van der Waals surface area contributed by atoms with E-state index in [1.807, 2.05) is 6.92 Å². The zero-order valence-electron chi connectivity index (χ0n) is 13.8. The largest absolute Gasteiger partial charge is 0.433 e. The van der Waals surface area contributed by atoms with Gasteiger partial charge in [0.2, 0.25) is 5.91 Å². The summed E-state index contributed by atoms with van der Waals surface area (Å²) in [5, 5.41) is 12.5. The maximum atomic E-state index is 12.4. The molecular weight excluding hydrogens is 306 g/mol. The van der Waals surface area contributed by atoms with Crippen LogP contribution in [0.15, 0.2) is 24.3 Å². The molecule has 0 saturated heterocycles. The van der Waals surface area contributed by atoms with Crippen LogP contribution in [0, 0.1) is 0 Å². The highest BCUT2D eigenvalue weighted by Gasteiger charge is 2.26. The number of rotatable bonds is 8. The van der Waals surface area contributed by atoms with Gasteiger partial charge in [-0.1, -0.05) is 19.1 Å². The number of hydrogen-bond acceptors (Lipinski definition) is 4. The second-order valence-electron chi connectivity index (χ2n) is 5.92. The Labute approximate surface area is 135 Å². The molecule has 23 heavy (non-hydrogen) atoms. The van der Waals surface area contributed by atoms with Crippen molar-refractivity contribution in [3.8, 4) is 5.75 Å². The summed E-state index contributed by atoms with van der Waals surface area (Å²) in [6.45, 7) is 4.80. The minimum absolute atomic E-state index is 0.0893. The third-order valence-corrected chi connectivity index (χ3v) is 3.28. The highest BCUT2D eigenvalue weighted by atomic mass is 19.3. The highest BCUT2D eigenvalue weighted by Crippen LogP contribution is 2.26. The first-order chi connectivity index (χ1) is 10.6. The van der Waals surface area contributed by atoms with Crippen LogP contribution < -0.4 is 10.1 Å². The van der Waals surface area contributed by atoms with Crippen LogP contribution in [0.25, 0.3) is 0 Å². The number of halogens is 2. The fourth-order valence-corrected chi connectivity index (χ4v) is 2.19. The van der Waals surface area contributed by atoms with Gasteiger partial charge in [-0.3, -0.25) is 9.69 Å². The molecule has 0 aromatic heterocycles. The van der Waals surface area contributed by atoms with Crippen molar-refractivity contribution in [1.29, 1.82) is 0 Å². The summed E-state index contributed by atoms with van der Waals surface area (Å²) in [7, 11) is 0. The molecule has 1 rings (SSSR count). The summed E-state index contributed by atoms with van der Waals surface area (Å²) in [4.78, 5) is 14.2. The van der Waals surface area contributed by atoms with Crippen molar-refractivity contribution in [1.82, 2.24) is 4.90 Å². The quantitative estimate of drug-likeness (QED) is 0.769. The predicted molar refractivity (Wildman–Crippen MR) is 84.7 cm³/mol. The Hall–Kier alpha value is -1.73. The number of nitrogens with one attached hydrogen (secondary N) is 1. The van der Waals surface area contributed by atoms with Gasteiger partial charge in [-0.15, -0.1) is 0 Å². The van der Waals surface area contributed by atoms with Crippen molar-refractivity contribution < 1.29 is 23.4 Å². The lowest BCUT2D eigenvalue weighted by molar-refractivity contribution is -0.121. The van der Waals surface area contributed by atoms with Crippen molar-refractivity contribution >= 4 is 11.6 Å². The van der Waals surface area contributed by atoms with E-state index >= 15 is 0 Å². The Morgan fingerprint density at radius 1 is 1.39 bits per heavy atom. The maximum Gasteiger partial charge on any atom is 0.387 e. The second kappa shape index (κ2) is 8.21. The normalized spacial score (nSPS) is 13.3. The summed E-state index contributed by atoms with van der Waals surface area (Å²) >= 11 is 0. The molecule has 0 aliphatic heterocycles. The van der Waals surface area contributed by atoms with Gasteiger partial charge >= 0.3 is 6.61 Å². The number of anilines is 1. The van der Waals surface area contributed by atoms with Crippen LogP contribution in [0.1, 0.15) is 27.7 Å². The molecular formula is C16H24F2N2O3. The molecule has 1 unspecified atom stereocenters. The number of carbonyl (C=O) groups excluding carboxylic acids is 1. The lowest BCUT2D eigenvalue weighted by Crippen LogP contribution is -2.48. The number of likely N-dealkylation sites (N-methyl/N-ethyl adjacent to an activating group) is 1. The minimum Gasteiger partial charge on any atom is -0.433 e. The topological polar surface area (TPSA) is 61.8 Å². The summed E-state index contributed by atoms with van der Waals surface area (Å²) in [6.07, 6.45) is 0. The Bertz CT molecular complexity index is 518. The number of para-hydroxylation sites is 2. The van der Waals surface area contributed by atoms with E-state index in [-0.39, 0.29) is 17.3 Å². The standard InChI is InChI=1S/C16H24F2N2O3/c1-5-20(10-16(3,4)22)11(2)14(21)19-12-8-6-7-9-13(12)23-15(17)18/h6-9,11,15,22H,5,10H2,1-4H3,(H,19,21). The van der Waals surface area contributed by atoms with Crippen LogP contribution in [0.2, 0.25) is 0 Å². The molecule has 1 amide bonds.